The predicted molar refractivity (Wildman–Crippen MR) is 113 cm³/mol. The molecule has 0 aliphatic heterocycles. The lowest BCUT2D eigenvalue weighted by molar-refractivity contribution is 0.205. The predicted octanol–water partition coefficient (Wildman–Crippen LogP) is 5.47. The molecular weight excluding hydrogens is 368 g/mol. The number of hydrogen-bond donors (Lipinski definition) is 0. The summed E-state index contributed by atoms with van der Waals surface area (Å²) in [6.45, 7) is 1.88. The van der Waals surface area contributed by atoms with Crippen LogP contribution in [0.2, 0.25) is 0 Å². The Labute approximate surface area is 166 Å². The molecule has 1 atom stereocenters. The molecule has 0 radical (unpaired) electrons. The van der Waals surface area contributed by atoms with Gasteiger partial charge in [-0.25, -0.2) is 8.42 Å². The highest BCUT2D eigenvalue weighted by molar-refractivity contribution is 7.94. The van der Waals surface area contributed by atoms with Gasteiger partial charge in [0.15, 0.2) is 0 Å². The third-order valence-electron chi connectivity index (χ3n) is 4.17. The van der Waals surface area contributed by atoms with E-state index in [-0.39, 0.29) is 11.0 Å². The number of benzene rings is 3. The molecule has 0 N–H and O–H groups in total. The molecule has 0 amide bonds. The Morgan fingerprint density at radius 2 is 1.25 bits per heavy atom. The van der Waals surface area contributed by atoms with Gasteiger partial charge in [0.05, 0.1) is 16.6 Å². The molecule has 3 rings (SSSR count). The number of rotatable bonds is 7. The summed E-state index contributed by atoms with van der Waals surface area (Å²) in [4.78, 5) is 0.243. The van der Waals surface area contributed by atoms with E-state index in [4.69, 9.17) is 4.74 Å². The van der Waals surface area contributed by atoms with Crippen molar-refractivity contribution in [2.75, 3.05) is 0 Å². The summed E-state index contributed by atoms with van der Waals surface area (Å²) in [7, 11) is -3.51. The Morgan fingerprint density at radius 3 is 1.75 bits per heavy atom. The second-order valence-electron chi connectivity index (χ2n) is 6.28. The van der Waals surface area contributed by atoms with Gasteiger partial charge in [0.25, 0.3) is 0 Å². The highest BCUT2D eigenvalue weighted by atomic mass is 32.2. The molecular formula is C24H22O3S. The van der Waals surface area contributed by atoms with E-state index in [2.05, 4.69) is 0 Å². The van der Waals surface area contributed by atoms with E-state index < -0.39 is 9.84 Å². The van der Waals surface area contributed by atoms with Crippen LogP contribution in [0.3, 0.4) is 0 Å². The number of hydrogen-bond acceptors (Lipinski definition) is 3. The molecule has 0 saturated carbocycles. The van der Waals surface area contributed by atoms with E-state index in [0.29, 0.717) is 0 Å². The fourth-order valence-corrected chi connectivity index (χ4v) is 3.69. The van der Waals surface area contributed by atoms with E-state index in [9.17, 15) is 8.42 Å². The van der Waals surface area contributed by atoms with Crippen LogP contribution in [0, 0.1) is 0 Å². The molecule has 0 aromatic heterocycles. The summed E-state index contributed by atoms with van der Waals surface area (Å²) < 4.78 is 30.2. The van der Waals surface area contributed by atoms with E-state index >= 15 is 0 Å². The average Bonchev–Trinajstić information content (AvgIpc) is 2.74. The molecule has 0 bridgehead atoms. The van der Waals surface area contributed by atoms with Gasteiger partial charge in [-0.3, -0.25) is 0 Å². The van der Waals surface area contributed by atoms with Crippen LogP contribution in [0.25, 0.3) is 5.57 Å². The van der Waals surface area contributed by atoms with E-state index in [1.54, 1.807) is 30.3 Å². The first-order valence-electron chi connectivity index (χ1n) is 9.01. The molecule has 3 aromatic carbocycles. The fourth-order valence-electron chi connectivity index (χ4n) is 2.79. The Kier molecular flexibility index (Phi) is 6.45. The molecule has 1 unspecified atom stereocenters. The van der Waals surface area contributed by atoms with E-state index in [1.165, 1.54) is 6.26 Å². The fraction of sp³-hybridized carbons (Fsp3) is 0.0833. The summed E-state index contributed by atoms with van der Waals surface area (Å²) >= 11 is 0. The molecule has 28 heavy (non-hydrogen) atoms. The van der Waals surface area contributed by atoms with Gasteiger partial charge in [-0.2, -0.15) is 0 Å². The van der Waals surface area contributed by atoms with Crippen molar-refractivity contribution in [2.45, 2.75) is 17.9 Å². The summed E-state index contributed by atoms with van der Waals surface area (Å²) in [5.74, 6) is 0. The first-order valence-corrected chi connectivity index (χ1v) is 10.6. The lowest BCUT2D eigenvalue weighted by Crippen LogP contribution is -2.03. The van der Waals surface area contributed by atoms with Crippen LogP contribution >= 0.6 is 0 Å². The van der Waals surface area contributed by atoms with Crippen molar-refractivity contribution in [1.82, 2.24) is 0 Å². The Bertz CT molecular complexity index is 997. The third kappa shape index (κ3) is 5.21. The minimum Gasteiger partial charge on any atom is -0.493 e. The zero-order valence-electron chi connectivity index (χ0n) is 15.6. The summed E-state index contributed by atoms with van der Waals surface area (Å²) in [6.07, 6.45) is 2.93. The molecule has 0 spiro atoms. The van der Waals surface area contributed by atoms with Crippen molar-refractivity contribution >= 4 is 15.4 Å². The van der Waals surface area contributed by atoms with Crippen LogP contribution in [0.4, 0.5) is 0 Å². The Hall–Kier alpha value is -3.11. The first-order chi connectivity index (χ1) is 13.6. The van der Waals surface area contributed by atoms with Gasteiger partial charge >= 0.3 is 0 Å². The van der Waals surface area contributed by atoms with Gasteiger partial charge < -0.3 is 4.74 Å². The second kappa shape index (κ2) is 9.20. The Morgan fingerprint density at radius 1 is 0.786 bits per heavy atom. The molecule has 0 aliphatic carbocycles. The monoisotopic (exact) mass is 390 g/mol. The molecule has 0 aliphatic rings. The molecule has 3 nitrogen and oxygen atoms in total. The SMILES string of the molecule is CC(C=C(c1ccccc1)c1ccccc1)O/C=C\S(=O)(=O)c1ccccc1. The molecule has 0 heterocycles. The molecule has 4 heteroatoms. The maximum atomic E-state index is 12.3. The maximum absolute atomic E-state index is 12.3. The second-order valence-corrected chi connectivity index (χ2v) is 8.12. The molecule has 0 fully saturated rings. The normalized spacial score (nSPS) is 12.5. The van der Waals surface area contributed by atoms with Crippen molar-refractivity contribution in [3.8, 4) is 0 Å². The first kappa shape index (κ1) is 19.6. The van der Waals surface area contributed by atoms with Gasteiger partial charge in [-0.15, -0.1) is 0 Å². The van der Waals surface area contributed by atoms with Crippen molar-refractivity contribution in [2.24, 2.45) is 0 Å². The van der Waals surface area contributed by atoms with Crippen LogP contribution < -0.4 is 0 Å². The van der Waals surface area contributed by atoms with Crippen molar-refractivity contribution in [3.05, 3.63) is 120 Å². The topological polar surface area (TPSA) is 43.4 Å². The summed E-state index contributed by atoms with van der Waals surface area (Å²) in [5.41, 5.74) is 3.18. The standard InChI is InChI=1S/C24H22O3S/c1-20(27-17-18-28(25,26)23-15-9-4-10-16-23)19-24(21-11-5-2-6-12-21)22-13-7-3-8-14-22/h2-20H,1H3/b18-17-. The lowest BCUT2D eigenvalue weighted by Gasteiger charge is -2.13. The van der Waals surface area contributed by atoms with Crippen molar-refractivity contribution in [1.29, 1.82) is 0 Å². The highest BCUT2D eigenvalue weighted by Crippen LogP contribution is 2.24. The van der Waals surface area contributed by atoms with Crippen molar-refractivity contribution < 1.29 is 13.2 Å². The highest BCUT2D eigenvalue weighted by Gasteiger charge is 2.10. The molecule has 0 saturated heterocycles. The van der Waals surface area contributed by atoms with Crippen LogP contribution in [0.5, 0.6) is 0 Å². The van der Waals surface area contributed by atoms with Gasteiger partial charge in [0.1, 0.15) is 6.10 Å². The van der Waals surface area contributed by atoms with Gasteiger partial charge in [-0.05, 0) is 41.8 Å². The van der Waals surface area contributed by atoms with E-state index in [1.807, 2.05) is 73.7 Å². The summed E-state index contributed by atoms with van der Waals surface area (Å²) in [6, 6.07) is 28.4. The zero-order valence-corrected chi connectivity index (χ0v) is 16.4. The summed E-state index contributed by atoms with van der Waals surface area (Å²) in [5, 5.41) is 1.09. The van der Waals surface area contributed by atoms with Gasteiger partial charge in [0, 0.05) is 0 Å². The third-order valence-corrected chi connectivity index (χ3v) is 5.57. The minimum atomic E-state index is -3.51. The van der Waals surface area contributed by atoms with Crippen LogP contribution in [-0.4, -0.2) is 14.5 Å². The molecule has 3 aromatic rings. The van der Waals surface area contributed by atoms with Crippen LogP contribution in [0.1, 0.15) is 18.1 Å². The largest absolute Gasteiger partial charge is 0.493 e. The quantitative estimate of drug-likeness (QED) is 0.503. The number of ether oxygens (including phenoxy) is 1. The van der Waals surface area contributed by atoms with Gasteiger partial charge in [-0.1, -0.05) is 78.9 Å². The van der Waals surface area contributed by atoms with Crippen LogP contribution in [0.15, 0.2) is 114 Å². The van der Waals surface area contributed by atoms with Crippen molar-refractivity contribution in [3.63, 3.8) is 0 Å². The average molecular weight is 391 g/mol. The van der Waals surface area contributed by atoms with E-state index in [0.717, 1.165) is 22.1 Å². The smallest absolute Gasteiger partial charge is 0.202 e. The maximum Gasteiger partial charge on any atom is 0.202 e. The Balaban J connectivity index is 1.80. The van der Waals surface area contributed by atoms with Gasteiger partial charge in [0.2, 0.25) is 9.84 Å². The lowest BCUT2D eigenvalue weighted by atomic mass is 9.96. The minimum absolute atomic E-state index is 0.243. The molecule has 142 valence electrons. The number of sulfone groups is 1. The zero-order chi connectivity index (χ0) is 19.8. The van der Waals surface area contributed by atoms with Crippen LogP contribution in [-0.2, 0) is 14.6 Å².